The molecule has 2 aliphatic rings. The minimum Gasteiger partial charge on any atom is -0.351 e. The Morgan fingerprint density at radius 1 is 1.29 bits per heavy atom. The maximum absolute atomic E-state index is 12.8. The standard InChI is InChI=1S/C15H27N3O4S.ClH/c1-2-18(14(20)15(11-16)6-3-4-7-15)9-13(19)17-12-5-8-23(21,22)10-12;/h12H,2-11,16H2,1H3,(H,17,19);1H. The Labute approximate surface area is 150 Å². The van der Waals surface area contributed by atoms with Crippen LogP contribution in [0.4, 0.5) is 0 Å². The Morgan fingerprint density at radius 3 is 2.38 bits per heavy atom. The Bertz CT molecular complexity index is 561. The van der Waals surface area contributed by atoms with Crippen LogP contribution in [0.2, 0.25) is 0 Å². The van der Waals surface area contributed by atoms with Crippen LogP contribution in [0, 0.1) is 5.41 Å². The molecular weight excluding hydrogens is 354 g/mol. The van der Waals surface area contributed by atoms with Gasteiger partial charge in [-0.1, -0.05) is 12.8 Å². The van der Waals surface area contributed by atoms with E-state index in [4.69, 9.17) is 5.73 Å². The zero-order valence-corrected chi connectivity index (χ0v) is 15.8. The number of carbonyl (C=O) groups excluding carboxylic acids is 2. The largest absolute Gasteiger partial charge is 0.351 e. The molecule has 2 fully saturated rings. The third-order valence-electron chi connectivity index (χ3n) is 5.01. The number of nitrogens with one attached hydrogen (secondary N) is 1. The number of nitrogens with two attached hydrogens (primary N) is 1. The molecule has 2 amide bonds. The summed E-state index contributed by atoms with van der Waals surface area (Å²) in [7, 11) is -3.03. The molecule has 0 aromatic carbocycles. The number of halogens is 1. The second-order valence-corrected chi connectivity index (χ2v) is 8.91. The van der Waals surface area contributed by atoms with Crippen LogP contribution in [0.15, 0.2) is 0 Å². The van der Waals surface area contributed by atoms with Crippen molar-refractivity contribution >= 4 is 34.1 Å². The number of likely N-dealkylation sites (N-methyl/N-ethyl adjacent to an activating group) is 1. The summed E-state index contributed by atoms with van der Waals surface area (Å²) in [6, 6.07) is -0.337. The van der Waals surface area contributed by atoms with Gasteiger partial charge in [0, 0.05) is 19.1 Å². The van der Waals surface area contributed by atoms with E-state index >= 15 is 0 Å². The molecule has 0 radical (unpaired) electrons. The van der Waals surface area contributed by atoms with E-state index < -0.39 is 15.3 Å². The van der Waals surface area contributed by atoms with Gasteiger partial charge in [-0.05, 0) is 26.2 Å². The van der Waals surface area contributed by atoms with E-state index in [2.05, 4.69) is 5.32 Å². The lowest BCUT2D eigenvalue weighted by Gasteiger charge is -2.32. The fourth-order valence-electron chi connectivity index (χ4n) is 3.58. The molecule has 2 rings (SSSR count). The van der Waals surface area contributed by atoms with E-state index in [1.54, 1.807) is 0 Å². The molecule has 0 bridgehead atoms. The number of nitrogens with zero attached hydrogens (tertiary/aromatic N) is 1. The molecule has 0 spiro atoms. The van der Waals surface area contributed by atoms with E-state index in [-0.39, 0.29) is 48.3 Å². The molecule has 9 heteroatoms. The number of sulfone groups is 1. The maximum atomic E-state index is 12.8. The van der Waals surface area contributed by atoms with Gasteiger partial charge in [-0.25, -0.2) is 8.42 Å². The molecule has 1 unspecified atom stereocenters. The van der Waals surface area contributed by atoms with Crippen molar-refractivity contribution in [2.75, 3.05) is 31.1 Å². The Hall–Kier alpha value is -0.860. The fourth-order valence-corrected chi connectivity index (χ4v) is 5.25. The van der Waals surface area contributed by atoms with Gasteiger partial charge in [-0.3, -0.25) is 9.59 Å². The molecular formula is C15H28ClN3O4S. The van der Waals surface area contributed by atoms with E-state index in [0.717, 1.165) is 25.7 Å². The minimum absolute atomic E-state index is 0. The SMILES string of the molecule is CCN(CC(=O)NC1CCS(=O)(=O)C1)C(=O)C1(CN)CCCC1.Cl. The Balaban J connectivity index is 0.00000288. The topological polar surface area (TPSA) is 110 Å². The van der Waals surface area contributed by atoms with Gasteiger partial charge in [-0.2, -0.15) is 0 Å². The van der Waals surface area contributed by atoms with E-state index in [1.807, 2.05) is 6.92 Å². The van der Waals surface area contributed by atoms with Gasteiger partial charge in [-0.15, -0.1) is 12.4 Å². The first-order valence-corrected chi connectivity index (χ1v) is 10.1. The summed E-state index contributed by atoms with van der Waals surface area (Å²) >= 11 is 0. The van der Waals surface area contributed by atoms with Crippen molar-refractivity contribution in [3.8, 4) is 0 Å². The monoisotopic (exact) mass is 381 g/mol. The number of hydrogen-bond acceptors (Lipinski definition) is 5. The lowest BCUT2D eigenvalue weighted by atomic mass is 9.84. The van der Waals surface area contributed by atoms with Gasteiger partial charge in [0.2, 0.25) is 11.8 Å². The van der Waals surface area contributed by atoms with Crippen molar-refractivity contribution in [2.24, 2.45) is 11.1 Å². The average molecular weight is 382 g/mol. The maximum Gasteiger partial charge on any atom is 0.239 e. The zero-order chi connectivity index (χ0) is 17.1. The molecule has 24 heavy (non-hydrogen) atoms. The van der Waals surface area contributed by atoms with Crippen LogP contribution in [0.25, 0.3) is 0 Å². The van der Waals surface area contributed by atoms with Gasteiger partial charge in [0.25, 0.3) is 0 Å². The summed E-state index contributed by atoms with van der Waals surface area (Å²) in [4.78, 5) is 26.5. The number of rotatable bonds is 6. The normalized spacial score (nSPS) is 24.2. The van der Waals surface area contributed by atoms with E-state index in [0.29, 0.717) is 19.5 Å². The smallest absolute Gasteiger partial charge is 0.239 e. The van der Waals surface area contributed by atoms with Crippen molar-refractivity contribution in [1.29, 1.82) is 0 Å². The van der Waals surface area contributed by atoms with Crippen molar-refractivity contribution in [2.45, 2.75) is 45.1 Å². The van der Waals surface area contributed by atoms with Crippen molar-refractivity contribution in [1.82, 2.24) is 10.2 Å². The summed E-state index contributed by atoms with van der Waals surface area (Å²) in [6.07, 6.45) is 3.99. The van der Waals surface area contributed by atoms with Crippen LogP contribution in [0.5, 0.6) is 0 Å². The fraction of sp³-hybridized carbons (Fsp3) is 0.867. The summed E-state index contributed by atoms with van der Waals surface area (Å²) < 4.78 is 22.9. The van der Waals surface area contributed by atoms with E-state index in [9.17, 15) is 18.0 Å². The van der Waals surface area contributed by atoms with Crippen LogP contribution in [-0.4, -0.2) is 62.3 Å². The van der Waals surface area contributed by atoms with Crippen molar-refractivity contribution in [3.63, 3.8) is 0 Å². The van der Waals surface area contributed by atoms with Gasteiger partial charge in [0.15, 0.2) is 9.84 Å². The molecule has 1 aliphatic heterocycles. The molecule has 1 heterocycles. The first-order chi connectivity index (χ1) is 10.8. The minimum atomic E-state index is -3.03. The molecule has 140 valence electrons. The molecule has 0 aromatic rings. The van der Waals surface area contributed by atoms with Crippen LogP contribution in [0.3, 0.4) is 0 Å². The predicted octanol–water partition coefficient (Wildman–Crippen LogP) is 0.0791. The third kappa shape index (κ3) is 4.83. The molecule has 1 atom stereocenters. The second-order valence-electron chi connectivity index (χ2n) is 6.68. The van der Waals surface area contributed by atoms with Crippen LogP contribution >= 0.6 is 12.4 Å². The summed E-state index contributed by atoms with van der Waals surface area (Å²) in [5, 5.41) is 2.73. The first-order valence-electron chi connectivity index (χ1n) is 8.31. The number of hydrogen-bond donors (Lipinski definition) is 2. The lowest BCUT2D eigenvalue weighted by Crippen LogP contribution is -2.50. The van der Waals surface area contributed by atoms with Gasteiger partial charge in [0.1, 0.15) is 0 Å². The van der Waals surface area contributed by atoms with E-state index in [1.165, 1.54) is 4.90 Å². The molecule has 7 nitrogen and oxygen atoms in total. The highest BCUT2D eigenvalue weighted by Crippen LogP contribution is 2.38. The summed E-state index contributed by atoms with van der Waals surface area (Å²) in [5.74, 6) is -0.238. The van der Waals surface area contributed by atoms with Crippen LogP contribution < -0.4 is 11.1 Å². The predicted molar refractivity (Wildman–Crippen MR) is 94.7 cm³/mol. The highest BCUT2D eigenvalue weighted by atomic mass is 35.5. The van der Waals surface area contributed by atoms with Gasteiger partial charge >= 0.3 is 0 Å². The molecule has 0 aromatic heterocycles. The first kappa shape index (κ1) is 21.2. The lowest BCUT2D eigenvalue weighted by molar-refractivity contribution is -0.144. The summed E-state index contributed by atoms with van der Waals surface area (Å²) in [6.45, 7) is 2.56. The zero-order valence-electron chi connectivity index (χ0n) is 14.1. The van der Waals surface area contributed by atoms with Crippen molar-refractivity contribution in [3.05, 3.63) is 0 Å². The molecule has 1 saturated heterocycles. The third-order valence-corrected chi connectivity index (χ3v) is 6.77. The second kappa shape index (κ2) is 8.49. The van der Waals surface area contributed by atoms with Crippen molar-refractivity contribution < 1.29 is 18.0 Å². The average Bonchev–Trinajstić information content (AvgIpc) is 3.11. The number of carbonyl (C=O) groups is 2. The highest BCUT2D eigenvalue weighted by molar-refractivity contribution is 7.91. The number of amides is 2. The van der Waals surface area contributed by atoms with Gasteiger partial charge in [0.05, 0.1) is 23.5 Å². The highest BCUT2D eigenvalue weighted by Gasteiger charge is 2.42. The quantitative estimate of drug-likeness (QED) is 0.677. The summed E-state index contributed by atoms with van der Waals surface area (Å²) in [5.41, 5.74) is 5.32. The molecule has 1 saturated carbocycles. The van der Waals surface area contributed by atoms with Crippen LogP contribution in [-0.2, 0) is 19.4 Å². The molecule has 1 aliphatic carbocycles. The van der Waals surface area contributed by atoms with Gasteiger partial charge < -0.3 is 16.0 Å². The van der Waals surface area contributed by atoms with Crippen LogP contribution in [0.1, 0.15) is 39.0 Å². The Morgan fingerprint density at radius 2 is 1.92 bits per heavy atom. The Kier molecular flexibility index (Phi) is 7.49. The molecule has 3 N–H and O–H groups in total.